The molecule has 3 nitrogen and oxygen atoms in total. The minimum Gasteiger partial charge on any atom is -0.341 e. The highest BCUT2D eigenvalue weighted by Crippen LogP contribution is 2.43. The highest BCUT2D eigenvalue weighted by molar-refractivity contribution is 6.03. The Bertz CT molecular complexity index is 1070. The van der Waals surface area contributed by atoms with Crippen LogP contribution in [0.3, 0.4) is 0 Å². The second kappa shape index (κ2) is 9.14. The first-order chi connectivity index (χ1) is 14.8. The first kappa shape index (κ1) is 22.0. The van der Waals surface area contributed by atoms with Crippen molar-refractivity contribution in [3.05, 3.63) is 47.8 Å². The van der Waals surface area contributed by atoms with E-state index in [0.29, 0.717) is 11.8 Å². The number of hydrogen-bond donors (Lipinski definition) is 0. The van der Waals surface area contributed by atoms with E-state index in [1.807, 2.05) is 0 Å². The van der Waals surface area contributed by atoms with Gasteiger partial charge in [0.2, 0.25) is 0 Å². The standard InChI is InChI=1S/C22H29N3.C6H10/c1-13(2)20(16-8-6-14(3)12-16)17-9-11-19-22(24-17)21-18(25(19)5)10-7-15(4)23-21;1-6-4-2-3-5-6/h7,9-11,13-14,16,20H,6,8,12H2,1-5H3;2-3,6H,4-5H2,1H3. The maximum Gasteiger partial charge on any atom is 0.115 e. The Labute approximate surface area is 188 Å². The summed E-state index contributed by atoms with van der Waals surface area (Å²) < 4.78 is 2.22. The summed E-state index contributed by atoms with van der Waals surface area (Å²) in [5, 5.41) is 0. The van der Waals surface area contributed by atoms with Gasteiger partial charge in [0.25, 0.3) is 0 Å². The predicted molar refractivity (Wildman–Crippen MR) is 132 cm³/mol. The highest BCUT2D eigenvalue weighted by atomic mass is 15.0. The van der Waals surface area contributed by atoms with Crippen molar-refractivity contribution in [2.75, 3.05) is 0 Å². The van der Waals surface area contributed by atoms with E-state index >= 15 is 0 Å². The lowest BCUT2D eigenvalue weighted by molar-refractivity contribution is 0.334. The molecule has 0 amide bonds. The Morgan fingerprint density at radius 3 is 2.06 bits per heavy atom. The van der Waals surface area contributed by atoms with Crippen LogP contribution in [-0.4, -0.2) is 14.5 Å². The summed E-state index contributed by atoms with van der Waals surface area (Å²) in [6, 6.07) is 8.76. The Balaban J connectivity index is 0.000000334. The Morgan fingerprint density at radius 1 is 0.871 bits per heavy atom. The van der Waals surface area contributed by atoms with E-state index in [0.717, 1.165) is 34.5 Å². The molecule has 166 valence electrons. The number of rotatable bonds is 3. The molecule has 1 fully saturated rings. The van der Waals surface area contributed by atoms with Crippen molar-refractivity contribution in [1.82, 2.24) is 14.5 Å². The SMILES string of the molecule is CC1CC=CC1.Cc1ccc2c(n1)c1nc(C(C(C)C)C3CCC(C)C3)ccc1n2C. The lowest BCUT2D eigenvalue weighted by Gasteiger charge is -2.27. The van der Waals surface area contributed by atoms with Crippen molar-refractivity contribution in [2.45, 2.75) is 72.6 Å². The molecule has 0 saturated heterocycles. The maximum atomic E-state index is 5.17. The third kappa shape index (κ3) is 4.56. The van der Waals surface area contributed by atoms with E-state index in [1.165, 1.54) is 48.8 Å². The van der Waals surface area contributed by atoms with E-state index in [4.69, 9.17) is 9.97 Å². The van der Waals surface area contributed by atoms with Crippen LogP contribution in [0.1, 0.15) is 77.1 Å². The molecule has 2 aliphatic carbocycles. The van der Waals surface area contributed by atoms with Crippen molar-refractivity contribution in [1.29, 1.82) is 0 Å². The Morgan fingerprint density at radius 2 is 1.52 bits per heavy atom. The van der Waals surface area contributed by atoms with Crippen LogP contribution in [0.4, 0.5) is 0 Å². The van der Waals surface area contributed by atoms with Crippen LogP contribution >= 0.6 is 0 Å². The second-order valence-electron chi connectivity index (χ2n) is 10.5. The monoisotopic (exact) mass is 417 g/mol. The van der Waals surface area contributed by atoms with Gasteiger partial charge < -0.3 is 4.57 Å². The van der Waals surface area contributed by atoms with E-state index in [1.54, 1.807) is 0 Å². The van der Waals surface area contributed by atoms with Gasteiger partial charge >= 0.3 is 0 Å². The van der Waals surface area contributed by atoms with Crippen LogP contribution < -0.4 is 0 Å². The van der Waals surface area contributed by atoms with Crippen LogP contribution in [-0.2, 0) is 7.05 Å². The normalized spacial score (nSPS) is 22.4. The fourth-order valence-corrected chi connectivity index (χ4v) is 5.68. The van der Waals surface area contributed by atoms with Gasteiger partial charge in [0.15, 0.2) is 0 Å². The van der Waals surface area contributed by atoms with Crippen LogP contribution in [0, 0.1) is 30.6 Å². The third-order valence-corrected chi connectivity index (χ3v) is 7.40. The number of allylic oxidation sites excluding steroid dienone is 2. The number of pyridine rings is 2. The van der Waals surface area contributed by atoms with Crippen LogP contribution in [0.15, 0.2) is 36.4 Å². The summed E-state index contributed by atoms with van der Waals surface area (Å²) in [7, 11) is 2.11. The maximum absolute atomic E-state index is 5.17. The molecule has 3 unspecified atom stereocenters. The van der Waals surface area contributed by atoms with Crippen molar-refractivity contribution >= 4 is 22.1 Å². The van der Waals surface area contributed by atoms with Crippen LogP contribution in [0.5, 0.6) is 0 Å². The molecular formula is C28H39N3. The predicted octanol–water partition coefficient (Wildman–Crippen LogP) is 7.58. The largest absolute Gasteiger partial charge is 0.341 e. The third-order valence-electron chi connectivity index (χ3n) is 7.40. The number of fused-ring (bicyclic) bond motifs is 3. The average Bonchev–Trinajstić information content (AvgIpc) is 3.44. The summed E-state index contributed by atoms with van der Waals surface area (Å²) in [6.07, 6.45) is 11.2. The smallest absolute Gasteiger partial charge is 0.115 e. The highest BCUT2D eigenvalue weighted by Gasteiger charge is 2.32. The lowest BCUT2D eigenvalue weighted by Crippen LogP contribution is -2.17. The van der Waals surface area contributed by atoms with Crippen LogP contribution in [0.2, 0.25) is 0 Å². The number of hydrogen-bond acceptors (Lipinski definition) is 2. The first-order valence-corrected chi connectivity index (χ1v) is 12.2. The van der Waals surface area contributed by atoms with Gasteiger partial charge in [0.05, 0.1) is 11.0 Å². The number of aromatic nitrogens is 3. The first-order valence-electron chi connectivity index (χ1n) is 12.2. The van der Waals surface area contributed by atoms with Gasteiger partial charge in [-0.15, -0.1) is 0 Å². The summed E-state index contributed by atoms with van der Waals surface area (Å²) in [4.78, 5) is 9.97. The molecule has 0 N–H and O–H groups in total. The Kier molecular flexibility index (Phi) is 6.50. The summed E-state index contributed by atoms with van der Waals surface area (Å²) >= 11 is 0. The van der Waals surface area contributed by atoms with Gasteiger partial charge in [-0.1, -0.05) is 46.3 Å². The fourth-order valence-electron chi connectivity index (χ4n) is 5.68. The van der Waals surface area contributed by atoms with Crippen molar-refractivity contribution in [3.63, 3.8) is 0 Å². The number of aryl methyl sites for hydroxylation is 2. The van der Waals surface area contributed by atoms with Crippen molar-refractivity contribution < 1.29 is 0 Å². The van der Waals surface area contributed by atoms with E-state index in [-0.39, 0.29) is 0 Å². The lowest BCUT2D eigenvalue weighted by atomic mass is 9.79. The minimum absolute atomic E-state index is 0.550. The van der Waals surface area contributed by atoms with Gasteiger partial charge in [0, 0.05) is 24.4 Å². The molecule has 5 rings (SSSR count). The summed E-state index contributed by atoms with van der Waals surface area (Å²) in [6.45, 7) is 11.4. The second-order valence-corrected chi connectivity index (χ2v) is 10.5. The molecule has 0 spiro atoms. The zero-order chi connectivity index (χ0) is 22.1. The van der Waals surface area contributed by atoms with E-state index in [9.17, 15) is 0 Å². The molecular weight excluding hydrogens is 378 g/mol. The molecule has 3 aromatic rings. The number of nitrogens with zero attached hydrogens (tertiary/aromatic N) is 3. The quantitative estimate of drug-likeness (QED) is 0.411. The van der Waals surface area contributed by atoms with Gasteiger partial charge in [-0.25, -0.2) is 9.97 Å². The van der Waals surface area contributed by atoms with Gasteiger partial charge in [-0.2, -0.15) is 0 Å². The minimum atomic E-state index is 0.550. The zero-order valence-electron chi connectivity index (χ0n) is 20.2. The van der Waals surface area contributed by atoms with E-state index < -0.39 is 0 Å². The van der Waals surface area contributed by atoms with Crippen molar-refractivity contribution in [2.24, 2.45) is 30.7 Å². The molecule has 0 aliphatic heterocycles. The molecule has 3 aromatic heterocycles. The molecule has 2 aliphatic rings. The molecule has 3 heterocycles. The molecule has 1 saturated carbocycles. The summed E-state index contributed by atoms with van der Waals surface area (Å²) in [5.41, 5.74) is 6.77. The fraction of sp³-hybridized carbons (Fsp3) is 0.571. The molecule has 0 bridgehead atoms. The summed E-state index contributed by atoms with van der Waals surface area (Å²) in [5.74, 6) is 3.73. The van der Waals surface area contributed by atoms with Gasteiger partial charge in [-0.05, 0) is 80.5 Å². The zero-order valence-corrected chi connectivity index (χ0v) is 20.2. The van der Waals surface area contributed by atoms with Crippen molar-refractivity contribution in [3.8, 4) is 0 Å². The topological polar surface area (TPSA) is 30.7 Å². The van der Waals surface area contributed by atoms with Gasteiger partial charge in [0.1, 0.15) is 11.0 Å². The van der Waals surface area contributed by atoms with Gasteiger partial charge in [-0.3, -0.25) is 0 Å². The molecule has 31 heavy (non-hydrogen) atoms. The Hall–Kier alpha value is -2.16. The molecule has 3 atom stereocenters. The molecule has 0 radical (unpaired) electrons. The average molecular weight is 418 g/mol. The molecule has 0 aromatic carbocycles. The van der Waals surface area contributed by atoms with E-state index in [2.05, 4.69) is 82.7 Å². The van der Waals surface area contributed by atoms with Crippen LogP contribution in [0.25, 0.3) is 22.1 Å². The molecule has 3 heteroatoms.